The van der Waals surface area contributed by atoms with Crippen LogP contribution in [-0.4, -0.2) is 22.5 Å². The van der Waals surface area contributed by atoms with E-state index in [1.54, 1.807) is 13.0 Å². The first-order valence-electron chi connectivity index (χ1n) is 6.38. The van der Waals surface area contributed by atoms with Crippen LogP contribution in [0.1, 0.15) is 39.1 Å². The Morgan fingerprint density at radius 1 is 1.47 bits per heavy atom. The molecule has 1 unspecified atom stereocenters. The first-order chi connectivity index (χ1) is 8.73. The van der Waals surface area contributed by atoms with Gasteiger partial charge >= 0.3 is 0 Å². The van der Waals surface area contributed by atoms with Gasteiger partial charge in [-0.1, -0.05) is 0 Å². The predicted octanol–water partition coefficient (Wildman–Crippen LogP) is 1.53. The highest BCUT2D eigenvalue weighted by Gasteiger charge is 2.21. The molecule has 19 heavy (non-hydrogen) atoms. The molecule has 0 aliphatic heterocycles. The van der Waals surface area contributed by atoms with Gasteiger partial charge in [0.2, 0.25) is 0 Å². The molecule has 1 aromatic rings. The van der Waals surface area contributed by atoms with E-state index in [9.17, 15) is 4.79 Å². The Kier molecular flexibility index (Phi) is 4.89. The van der Waals surface area contributed by atoms with Crippen LogP contribution in [0.25, 0.3) is 0 Å². The van der Waals surface area contributed by atoms with Gasteiger partial charge in [-0.3, -0.25) is 9.78 Å². The maximum Gasteiger partial charge on any atom is 0.261 e. The van der Waals surface area contributed by atoms with Crippen LogP contribution in [0.4, 0.5) is 0 Å². The SMILES string of the molecule is Cc1ccc(OC(C)C(=O)NC(C)(C)C)c(CN)n1. The number of rotatable bonds is 4. The molecule has 0 aromatic carbocycles. The van der Waals surface area contributed by atoms with Gasteiger partial charge in [0.05, 0.1) is 5.69 Å². The Morgan fingerprint density at radius 2 is 2.11 bits per heavy atom. The number of nitrogens with one attached hydrogen (secondary N) is 1. The lowest BCUT2D eigenvalue weighted by atomic mass is 10.1. The Balaban J connectivity index is 2.76. The molecule has 106 valence electrons. The van der Waals surface area contributed by atoms with E-state index in [1.807, 2.05) is 33.8 Å². The molecule has 0 bridgehead atoms. The Bertz CT molecular complexity index is 452. The highest BCUT2D eigenvalue weighted by Crippen LogP contribution is 2.18. The molecule has 0 spiro atoms. The Hall–Kier alpha value is -1.62. The van der Waals surface area contributed by atoms with Gasteiger partial charge in [-0.2, -0.15) is 0 Å². The average Bonchev–Trinajstić information content (AvgIpc) is 2.29. The molecule has 0 radical (unpaired) electrons. The smallest absolute Gasteiger partial charge is 0.261 e. The van der Waals surface area contributed by atoms with Crippen molar-refractivity contribution < 1.29 is 9.53 Å². The number of pyridine rings is 1. The minimum absolute atomic E-state index is 0.156. The number of nitrogens with two attached hydrogens (primary N) is 1. The minimum atomic E-state index is -0.589. The van der Waals surface area contributed by atoms with Crippen molar-refractivity contribution in [1.29, 1.82) is 0 Å². The van der Waals surface area contributed by atoms with Gasteiger partial charge in [0.1, 0.15) is 5.75 Å². The van der Waals surface area contributed by atoms with Gasteiger partial charge in [0.15, 0.2) is 6.10 Å². The fourth-order valence-electron chi connectivity index (χ4n) is 1.57. The molecule has 1 heterocycles. The van der Waals surface area contributed by atoms with Crippen LogP contribution < -0.4 is 15.8 Å². The monoisotopic (exact) mass is 265 g/mol. The number of nitrogens with zero attached hydrogens (tertiary/aromatic N) is 1. The zero-order valence-corrected chi connectivity index (χ0v) is 12.3. The summed E-state index contributed by atoms with van der Waals surface area (Å²) in [6.07, 6.45) is -0.589. The van der Waals surface area contributed by atoms with Crippen LogP contribution in [0.3, 0.4) is 0 Å². The van der Waals surface area contributed by atoms with Gasteiger partial charge in [-0.05, 0) is 46.8 Å². The van der Waals surface area contributed by atoms with E-state index in [2.05, 4.69) is 10.3 Å². The zero-order chi connectivity index (χ0) is 14.6. The first-order valence-corrected chi connectivity index (χ1v) is 6.38. The normalized spacial score (nSPS) is 12.9. The fraction of sp³-hybridized carbons (Fsp3) is 0.571. The van der Waals surface area contributed by atoms with Crippen molar-refractivity contribution in [2.45, 2.75) is 52.8 Å². The predicted molar refractivity (Wildman–Crippen MR) is 74.9 cm³/mol. The summed E-state index contributed by atoms with van der Waals surface area (Å²) in [6.45, 7) is 9.66. The van der Waals surface area contributed by atoms with Gasteiger partial charge in [-0.15, -0.1) is 0 Å². The van der Waals surface area contributed by atoms with E-state index in [4.69, 9.17) is 10.5 Å². The molecule has 0 saturated carbocycles. The van der Waals surface area contributed by atoms with E-state index in [-0.39, 0.29) is 18.0 Å². The van der Waals surface area contributed by atoms with Crippen LogP contribution in [0, 0.1) is 6.92 Å². The molecule has 1 amide bonds. The second-order valence-electron chi connectivity index (χ2n) is 5.60. The molecule has 1 aromatic heterocycles. The van der Waals surface area contributed by atoms with Crippen molar-refractivity contribution >= 4 is 5.91 Å². The number of carbonyl (C=O) groups is 1. The second-order valence-corrected chi connectivity index (χ2v) is 5.60. The van der Waals surface area contributed by atoms with Gasteiger partial charge in [0.25, 0.3) is 5.91 Å². The minimum Gasteiger partial charge on any atom is -0.479 e. The van der Waals surface area contributed by atoms with Crippen LogP contribution in [0.2, 0.25) is 0 Å². The summed E-state index contributed by atoms with van der Waals surface area (Å²) in [5.74, 6) is 0.403. The van der Waals surface area contributed by atoms with Crippen molar-refractivity contribution in [2.75, 3.05) is 0 Å². The van der Waals surface area contributed by atoms with E-state index < -0.39 is 6.10 Å². The molecule has 1 rings (SSSR count). The van der Waals surface area contributed by atoms with Gasteiger partial charge < -0.3 is 15.8 Å². The van der Waals surface area contributed by atoms with Crippen LogP contribution in [0.5, 0.6) is 5.75 Å². The van der Waals surface area contributed by atoms with Crippen molar-refractivity contribution in [3.63, 3.8) is 0 Å². The number of aromatic nitrogens is 1. The second kappa shape index (κ2) is 6.02. The first kappa shape index (κ1) is 15.4. The third-order valence-corrected chi connectivity index (χ3v) is 2.44. The van der Waals surface area contributed by atoms with Crippen molar-refractivity contribution in [1.82, 2.24) is 10.3 Å². The van der Waals surface area contributed by atoms with E-state index in [0.29, 0.717) is 11.4 Å². The van der Waals surface area contributed by atoms with Gasteiger partial charge in [0, 0.05) is 17.8 Å². The zero-order valence-electron chi connectivity index (χ0n) is 12.3. The average molecular weight is 265 g/mol. The van der Waals surface area contributed by atoms with Crippen LogP contribution in [0.15, 0.2) is 12.1 Å². The Labute approximate surface area is 114 Å². The van der Waals surface area contributed by atoms with E-state index in [1.165, 1.54) is 0 Å². The quantitative estimate of drug-likeness (QED) is 0.865. The molecular weight excluding hydrogens is 242 g/mol. The maximum atomic E-state index is 11.9. The molecular formula is C14H23N3O2. The number of hydrogen-bond donors (Lipinski definition) is 2. The third-order valence-electron chi connectivity index (χ3n) is 2.44. The lowest BCUT2D eigenvalue weighted by Gasteiger charge is -2.24. The number of aryl methyl sites for hydroxylation is 1. The third kappa shape index (κ3) is 4.87. The summed E-state index contributed by atoms with van der Waals surface area (Å²) in [5, 5.41) is 2.87. The lowest BCUT2D eigenvalue weighted by Crippen LogP contribution is -2.46. The van der Waals surface area contributed by atoms with E-state index in [0.717, 1.165) is 5.69 Å². The molecule has 0 fully saturated rings. The summed E-state index contributed by atoms with van der Waals surface area (Å²) < 4.78 is 5.64. The fourth-order valence-corrected chi connectivity index (χ4v) is 1.57. The van der Waals surface area contributed by atoms with Crippen molar-refractivity contribution in [3.8, 4) is 5.75 Å². The number of amides is 1. The van der Waals surface area contributed by atoms with Crippen molar-refractivity contribution in [3.05, 3.63) is 23.5 Å². The van der Waals surface area contributed by atoms with E-state index >= 15 is 0 Å². The summed E-state index contributed by atoms with van der Waals surface area (Å²) in [6, 6.07) is 3.63. The molecule has 0 aliphatic rings. The summed E-state index contributed by atoms with van der Waals surface area (Å²) in [5.41, 5.74) is 6.89. The van der Waals surface area contributed by atoms with Crippen LogP contribution >= 0.6 is 0 Å². The Morgan fingerprint density at radius 3 is 2.63 bits per heavy atom. The highest BCUT2D eigenvalue weighted by molar-refractivity contribution is 5.81. The van der Waals surface area contributed by atoms with Gasteiger partial charge in [-0.25, -0.2) is 0 Å². The maximum absolute atomic E-state index is 11.9. The number of carbonyl (C=O) groups excluding carboxylic acids is 1. The molecule has 3 N–H and O–H groups in total. The van der Waals surface area contributed by atoms with Crippen LogP contribution in [-0.2, 0) is 11.3 Å². The standard InChI is InChI=1S/C14H23N3O2/c1-9-6-7-12(11(8-15)16-9)19-10(2)13(18)17-14(3,4)5/h6-7,10H,8,15H2,1-5H3,(H,17,18). The summed E-state index contributed by atoms with van der Waals surface area (Å²) >= 11 is 0. The number of ether oxygens (including phenoxy) is 1. The summed E-state index contributed by atoms with van der Waals surface area (Å²) in [7, 11) is 0. The lowest BCUT2D eigenvalue weighted by molar-refractivity contribution is -0.128. The summed E-state index contributed by atoms with van der Waals surface area (Å²) in [4.78, 5) is 16.2. The molecule has 0 saturated heterocycles. The highest BCUT2D eigenvalue weighted by atomic mass is 16.5. The molecule has 1 atom stereocenters. The molecule has 5 heteroatoms. The largest absolute Gasteiger partial charge is 0.479 e. The molecule has 5 nitrogen and oxygen atoms in total. The topological polar surface area (TPSA) is 77.2 Å². The molecule has 0 aliphatic carbocycles. The van der Waals surface area contributed by atoms with Crippen molar-refractivity contribution in [2.24, 2.45) is 5.73 Å². The number of hydrogen-bond acceptors (Lipinski definition) is 4.